The van der Waals surface area contributed by atoms with Gasteiger partial charge in [-0.1, -0.05) is 43.6 Å². The normalized spacial score (nSPS) is 13.0. The van der Waals surface area contributed by atoms with Gasteiger partial charge < -0.3 is 9.26 Å². The molecule has 0 saturated carbocycles. The van der Waals surface area contributed by atoms with E-state index in [0.29, 0.717) is 0 Å². The number of aromatic amines is 1. The van der Waals surface area contributed by atoms with Crippen LogP contribution >= 0.6 is 31.0 Å². The molecule has 1 N–H and O–H groups in total. The molecular formula is C25H27Cl2N6O8P. The van der Waals surface area contributed by atoms with E-state index in [1.165, 1.54) is 25.1 Å². The van der Waals surface area contributed by atoms with Gasteiger partial charge in [-0.25, -0.2) is 9.36 Å². The molecular weight excluding hydrogens is 614 g/mol. The summed E-state index contributed by atoms with van der Waals surface area (Å²) in [6.45, 7) is 12.9. The van der Waals surface area contributed by atoms with E-state index in [1.54, 1.807) is 40.7 Å². The molecule has 2 heterocycles. The van der Waals surface area contributed by atoms with Gasteiger partial charge in [-0.05, 0) is 45.7 Å². The number of phosphoric acid groups is 1. The molecule has 17 heteroatoms. The van der Waals surface area contributed by atoms with Crippen LogP contribution < -0.4 is 21.5 Å². The fourth-order valence-corrected chi connectivity index (χ4v) is 5.33. The number of ether oxygens (including phenoxy) is 1. The predicted molar refractivity (Wildman–Crippen MR) is 153 cm³/mol. The lowest BCUT2D eigenvalue weighted by Gasteiger charge is -2.26. The molecule has 1 unspecified atom stereocenters. The monoisotopic (exact) mass is 640 g/mol. The number of rotatable bonds is 10. The van der Waals surface area contributed by atoms with Crippen molar-refractivity contribution in [2.45, 2.75) is 59.8 Å². The molecule has 0 amide bonds. The van der Waals surface area contributed by atoms with Crippen molar-refractivity contribution in [2.24, 2.45) is 0 Å². The van der Waals surface area contributed by atoms with Crippen molar-refractivity contribution in [1.82, 2.24) is 24.5 Å². The lowest BCUT2D eigenvalue weighted by Crippen LogP contribution is -2.33. The first kappa shape index (κ1) is 32.8. The first-order valence-electron chi connectivity index (χ1n) is 12.2. The van der Waals surface area contributed by atoms with Crippen LogP contribution in [0.5, 0.6) is 11.6 Å². The summed E-state index contributed by atoms with van der Waals surface area (Å²) in [4.78, 5) is 39.0. The smallest absolute Gasteiger partial charge is 0.434 e. The zero-order valence-corrected chi connectivity index (χ0v) is 25.8. The molecule has 0 fully saturated rings. The van der Waals surface area contributed by atoms with Gasteiger partial charge in [0.1, 0.15) is 6.07 Å². The third-order valence-electron chi connectivity index (χ3n) is 4.96. The largest absolute Gasteiger partial charge is 0.532 e. The van der Waals surface area contributed by atoms with Gasteiger partial charge in [0.15, 0.2) is 12.5 Å². The van der Waals surface area contributed by atoms with Crippen LogP contribution in [0.3, 0.4) is 0 Å². The lowest BCUT2D eigenvalue weighted by molar-refractivity contribution is 0.0385. The summed E-state index contributed by atoms with van der Waals surface area (Å²) in [7, 11) is -4.22. The second kappa shape index (κ2) is 12.6. The second-order valence-electron chi connectivity index (χ2n) is 10.1. The van der Waals surface area contributed by atoms with E-state index in [-0.39, 0.29) is 44.6 Å². The molecule has 1 atom stereocenters. The summed E-state index contributed by atoms with van der Waals surface area (Å²) in [5, 5.41) is 16.7. The summed E-state index contributed by atoms with van der Waals surface area (Å²) < 4.78 is 36.8. The molecule has 0 aliphatic carbocycles. The number of nitriles is 1. The van der Waals surface area contributed by atoms with Crippen LogP contribution in [0.4, 0.5) is 0 Å². The third kappa shape index (κ3) is 7.96. The number of nitrogens with zero attached hydrogens (tertiary/aromatic N) is 5. The van der Waals surface area contributed by atoms with Crippen LogP contribution in [-0.4, -0.2) is 30.1 Å². The molecule has 14 nitrogen and oxygen atoms in total. The molecule has 3 aromatic rings. The van der Waals surface area contributed by atoms with Crippen molar-refractivity contribution in [3.8, 4) is 23.4 Å². The molecule has 0 aliphatic rings. The highest BCUT2D eigenvalue weighted by Gasteiger charge is 2.35. The Hall–Kier alpha value is -3.73. The van der Waals surface area contributed by atoms with Crippen molar-refractivity contribution in [3.05, 3.63) is 83.0 Å². The molecule has 0 saturated heterocycles. The number of halogens is 2. The van der Waals surface area contributed by atoms with E-state index in [2.05, 4.69) is 16.8 Å². The van der Waals surface area contributed by atoms with Gasteiger partial charge in [-0.15, -0.1) is 10.2 Å². The first-order valence-corrected chi connectivity index (χ1v) is 14.4. The Morgan fingerprint density at radius 1 is 1.17 bits per heavy atom. The van der Waals surface area contributed by atoms with E-state index in [4.69, 9.17) is 46.8 Å². The highest BCUT2D eigenvalue weighted by Crippen LogP contribution is 2.54. The summed E-state index contributed by atoms with van der Waals surface area (Å²) in [5.41, 5.74) is -3.62. The number of H-pyrrole nitrogens is 1. The molecule has 0 aliphatic heterocycles. The van der Waals surface area contributed by atoms with E-state index in [1.807, 2.05) is 4.98 Å². The number of aromatic nitrogens is 5. The molecule has 1 aromatic carbocycles. The zero-order valence-electron chi connectivity index (χ0n) is 23.4. The third-order valence-corrected chi connectivity index (χ3v) is 7.26. The number of allylic oxidation sites excluding steroid dienone is 1. The van der Waals surface area contributed by atoms with Crippen LogP contribution in [0.15, 0.2) is 44.9 Å². The highest BCUT2D eigenvalue weighted by atomic mass is 35.5. The average molecular weight is 641 g/mol. The summed E-state index contributed by atoms with van der Waals surface area (Å²) in [6.07, 6.45) is 0. The Balaban J connectivity index is 2.02. The number of hydrogen-bond acceptors (Lipinski definition) is 11. The maximum atomic E-state index is 13.2. The quantitative estimate of drug-likeness (QED) is 0.232. The van der Waals surface area contributed by atoms with Crippen LogP contribution in [-0.2, 0) is 24.9 Å². The Labute approximate surface area is 249 Å². The van der Waals surface area contributed by atoms with Gasteiger partial charge >= 0.3 is 13.5 Å². The molecule has 42 heavy (non-hydrogen) atoms. The molecule has 0 radical (unpaired) electrons. The predicted octanol–water partition coefficient (Wildman–Crippen LogP) is 5.02. The molecule has 0 spiro atoms. The minimum atomic E-state index is -4.22. The van der Waals surface area contributed by atoms with Crippen molar-refractivity contribution in [3.63, 3.8) is 0 Å². The standard InChI is InChI=1S/C25H27Cl2N6O8P/c1-13(2)16-10-20(31-32(23(16)35)12-38-42(37,40-14(3)4)41-25(5,6)7)39-21-17(26)8-15(9-18(21)27)33-24(36)29-22(34)19(11-28)30-33/h8-10,13H,3,12H2,1-2,4-7H3,(H,29,34,36). The Morgan fingerprint density at radius 3 is 2.31 bits per heavy atom. The Bertz CT molecular complexity index is 1780. The van der Waals surface area contributed by atoms with Crippen LogP contribution in [0.1, 0.15) is 58.7 Å². The maximum absolute atomic E-state index is 13.2. The molecule has 0 bridgehead atoms. The molecule has 224 valence electrons. The van der Waals surface area contributed by atoms with Gasteiger partial charge in [0, 0.05) is 11.6 Å². The minimum absolute atomic E-state index is 0.0245. The van der Waals surface area contributed by atoms with Gasteiger partial charge in [-0.2, -0.15) is 14.6 Å². The van der Waals surface area contributed by atoms with Crippen molar-refractivity contribution >= 4 is 31.0 Å². The van der Waals surface area contributed by atoms with Crippen molar-refractivity contribution in [1.29, 1.82) is 5.26 Å². The van der Waals surface area contributed by atoms with E-state index in [9.17, 15) is 18.9 Å². The maximum Gasteiger partial charge on any atom is 0.532 e. The van der Waals surface area contributed by atoms with Gasteiger partial charge in [0.2, 0.25) is 11.6 Å². The molecule has 3 rings (SSSR count). The van der Waals surface area contributed by atoms with E-state index in [0.717, 1.165) is 9.36 Å². The second-order valence-corrected chi connectivity index (χ2v) is 12.4. The number of benzene rings is 1. The Morgan fingerprint density at radius 2 is 1.79 bits per heavy atom. The fraction of sp³-hybridized carbons (Fsp3) is 0.360. The highest BCUT2D eigenvalue weighted by molar-refractivity contribution is 7.48. The SMILES string of the molecule is C=C(C)OP(=O)(OCn1nc(Oc2c(Cl)cc(-n3nc(C#N)c(=O)[nH]c3=O)cc2Cl)cc(C(C)C)c1=O)OC(C)(C)C. The summed E-state index contributed by atoms with van der Waals surface area (Å²) in [5.74, 6) is -0.448. The van der Waals surface area contributed by atoms with Crippen LogP contribution in [0.2, 0.25) is 10.0 Å². The minimum Gasteiger partial charge on any atom is -0.434 e. The lowest BCUT2D eigenvalue weighted by atomic mass is 10.1. The number of phosphoric ester groups is 1. The first-order chi connectivity index (χ1) is 19.4. The average Bonchev–Trinajstić information content (AvgIpc) is 2.84. The van der Waals surface area contributed by atoms with Crippen LogP contribution in [0.25, 0.3) is 5.69 Å². The Kier molecular flexibility index (Phi) is 9.87. The van der Waals surface area contributed by atoms with Crippen molar-refractivity contribution in [2.75, 3.05) is 0 Å². The van der Waals surface area contributed by atoms with E-state index >= 15 is 0 Å². The van der Waals surface area contributed by atoms with Gasteiger partial charge in [0.25, 0.3) is 11.1 Å². The summed E-state index contributed by atoms with van der Waals surface area (Å²) in [6, 6.07) is 5.48. The van der Waals surface area contributed by atoms with Gasteiger partial charge in [-0.3, -0.25) is 23.6 Å². The number of hydrogen-bond donors (Lipinski definition) is 1. The van der Waals surface area contributed by atoms with Crippen LogP contribution in [0, 0.1) is 11.3 Å². The summed E-state index contributed by atoms with van der Waals surface area (Å²) >= 11 is 12.8. The fourth-order valence-electron chi connectivity index (χ4n) is 3.33. The zero-order chi connectivity index (χ0) is 31.6. The number of nitrogens with one attached hydrogen (secondary N) is 1. The van der Waals surface area contributed by atoms with E-state index < -0.39 is 42.7 Å². The van der Waals surface area contributed by atoms with Crippen molar-refractivity contribution < 1.29 is 22.9 Å². The molecule has 2 aromatic heterocycles. The van der Waals surface area contributed by atoms with Gasteiger partial charge in [0.05, 0.1) is 27.1 Å². The topological polar surface area (TPSA) is 180 Å².